The molecule has 0 radical (unpaired) electrons. The van der Waals surface area contributed by atoms with Crippen LogP contribution in [0.4, 0.5) is 5.69 Å². The summed E-state index contributed by atoms with van der Waals surface area (Å²) in [6, 6.07) is 7.62. The van der Waals surface area contributed by atoms with Crippen LogP contribution in [-0.4, -0.2) is 21.0 Å². The normalized spacial score (nSPS) is 10.2. The molecular formula is C13H10N2O4S. The Hall–Kier alpha value is -2.41. The molecule has 20 heavy (non-hydrogen) atoms. The van der Waals surface area contributed by atoms with Crippen molar-refractivity contribution in [1.82, 2.24) is 4.98 Å². The molecule has 0 aliphatic carbocycles. The van der Waals surface area contributed by atoms with E-state index in [1.165, 1.54) is 36.2 Å². The van der Waals surface area contributed by atoms with E-state index in [0.717, 1.165) is 10.5 Å². The van der Waals surface area contributed by atoms with Crippen molar-refractivity contribution in [3.8, 4) is 0 Å². The lowest BCUT2D eigenvalue weighted by molar-refractivity contribution is -0.385. The molecule has 0 spiro atoms. The summed E-state index contributed by atoms with van der Waals surface area (Å²) in [6.45, 7) is 1.84. The van der Waals surface area contributed by atoms with Gasteiger partial charge in [-0.25, -0.2) is 9.78 Å². The van der Waals surface area contributed by atoms with Crippen LogP contribution in [0.1, 0.15) is 15.9 Å². The van der Waals surface area contributed by atoms with Gasteiger partial charge >= 0.3 is 5.97 Å². The highest BCUT2D eigenvalue weighted by atomic mass is 32.2. The molecule has 1 aromatic heterocycles. The molecule has 6 nitrogen and oxygen atoms in total. The highest BCUT2D eigenvalue weighted by Gasteiger charge is 2.11. The number of hydrogen-bond acceptors (Lipinski definition) is 5. The maximum Gasteiger partial charge on any atom is 0.337 e. The lowest BCUT2D eigenvalue weighted by Crippen LogP contribution is -1.96. The minimum Gasteiger partial charge on any atom is -0.478 e. The summed E-state index contributed by atoms with van der Waals surface area (Å²) in [5.74, 6) is -1.04. The number of aryl methyl sites for hydroxylation is 1. The minimum atomic E-state index is -1.04. The third-order valence-corrected chi connectivity index (χ3v) is 3.69. The molecule has 102 valence electrons. The molecule has 7 heteroatoms. The number of carboxylic acid groups (broad SMARTS) is 1. The molecule has 0 saturated heterocycles. The number of rotatable bonds is 4. The number of nitro groups is 1. The van der Waals surface area contributed by atoms with E-state index in [1.54, 1.807) is 12.1 Å². The summed E-state index contributed by atoms with van der Waals surface area (Å²) in [5.41, 5.74) is 1.01. The average Bonchev–Trinajstić information content (AvgIpc) is 2.41. The fourth-order valence-corrected chi connectivity index (χ4v) is 2.37. The van der Waals surface area contributed by atoms with E-state index in [0.29, 0.717) is 5.03 Å². The number of aromatic carboxylic acids is 1. The molecule has 0 bridgehead atoms. The van der Waals surface area contributed by atoms with Crippen molar-refractivity contribution in [3.05, 3.63) is 57.8 Å². The fraction of sp³-hybridized carbons (Fsp3) is 0.0769. The van der Waals surface area contributed by atoms with Gasteiger partial charge in [-0.05, 0) is 24.6 Å². The van der Waals surface area contributed by atoms with Gasteiger partial charge in [-0.3, -0.25) is 10.1 Å². The van der Waals surface area contributed by atoms with Crippen LogP contribution < -0.4 is 0 Å². The summed E-state index contributed by atoms with van der Waals surface area (Å²) < 4.78 is 0. The Morgan fingerprint density at radius 3 is 2.65 bits per heavy atom. The van der Waals surface area contributed by atoms with Crippen molar-refractivity contribution in [2.75, 3.05) is 0 Å². The van der Waals surface area contributed by atoms with Gasteiger partial charge in [-0.15, -0.1) is 0 Å². The SMILES string of the molecule is Cc1ccc([N+](=O)[O-])cc1Sc1ccc(C(=O)O)cn1. The van der Waals surface area contributed by atoms with Crippen molar-refractivity contribution in [3.63, 3.8) is 0 Å². The third-order valence-electron chi connectivity index (χ3n) is 2.58. The van der Waals surface area contributed by atoms with Crippen LogP contribution in [0.3, 0.4) is 0 Å². The Labute approximate surface area is 118 Å². The van der Waals surface area contributed by atoms with Gasteiger partial charge in [-0.2, -0.15) is 0 Å². The molecule has 0 aliphatic rings. The van der Waals surface area contributed by atoms with Crippen molar-refractivity contribution in [1.29, 1.82) is 0 Å². The molecular weight excluding hydrogens is 280 g/mol. The predicted octanol–water partition coefficient (Wildman–Crippen LogP) is 3.15. The van der Waals surface area contributed by atoms with Gasteiger partial charge in [0, 0.05) is 23.2 Å². The van der Waals surface area contributed by atoms with Gasteiger partial charge in [0.15, 0.2) is 0 Å². The predicted molar refractivity (Wildman–Crippen MR) is 73.2 cm³/mol. The number of aromatic nitrogens is 1. The Kier molecular flexibility index (Phi) is 3.99. The van der Waals surface area contributed by atoms with Gasteiger partial charge in [0.05, 0.1) is 10.5 Å². The first-order chi connectivity index (χ1) is 9.47. The number of carbonyl (C=O) groups is 1. The Bertz CT molecular complexity index is 671. The average molecular weight is 290 g/mol. The summed E-state index contributed by atoms with van der Waals surface area (Å²) in [4.78, 5) is 25.8. The largest absolute Gasteiger partial charge is 0.478 e. The summed E-state index contributed by atoms with van der Waals surface area (Å²) >= 11 is 1.26. The summed E-state index contributed by atoms with van der Waals surface area (Å²) in [7, 11) is 0. The number of benzene rings is 1. The number of nitro benzene ring substituents is 1. The van der Waals surface area contributed by atoms with Gasteiger partial charge in [-0.1, -0.05) is 17.8 Å². The lowest BCUT2D eigenvalue weighted by atomic mass is 10.2. The van der Waals surface area contributed by atoms with E-state index in [2.05, 4.69) is 4.98 Å². The first-order valence-corrected chi connectivity index (χ1v) is 6.41. The highest BCUT2D eigenvalue weighted by Crippen LogP contribution is 2.31. The molecule has 0 unspecified atom stereocenters. The van der Waals surface area contributed by atoms with E-state index in [4.69, 9.17) is 5.11 Å². The number of carboxylic acids is 1. The van der Waals surface area contributed by atoms with E-state index >= 15 is 0 Å². The third kappa shape index (κ3) is 3.12. The highest BCUT2D eigenvalue weighted by molar-refractivity contribution is 7.99. The molecule has 1 N–H and O–H groups in total. The zero-order valence-corrected chi connectivity index (χ0v) is 11.3. The van der Waals surface area contributed by atoms with Crippen LogP contribution >= 0.6 is 11.8 Å². The first kappa shape index (κ1) is 14.0. The van der Waals surface area contributed by atoms with Crippen molar-refractivity contribution >= 4 is 23.4 Å². The zero-order chi connectivity index (χ0) is 14.7. The van der Waals surface area contributed by atoms with Crippen LogP contribution in [0, 0.1) is 17.0 Å². The maximum atomic E-state index is 10.8. The smallest absolute Gasteiger partial charge is 0.337 e. The summed E-state index contributed by atoms with van der Waals surface area (Å²) in [6.07, 6.45) is 1.26. The monoisotopic (exact) mass is 290 g/mol. The molecule has 0 atom stereocenters. The summed E-state index contributed by atoms with van der Waals surface area (Å²) in [5, 5.41) is 20.1. The number of nitrogens with zero attached hydrogens (tertiary/aromatic N) is 2. The maximum absolute atomic E-state index is 10.8. The van der Waals surface area contributed by atoms with E-state index in [1.807, 2.05) is 6.92 Å². The first-order valence-electron chi connectivity index (χ1n) is 5.59. The molecule has 0 amide bonds. The molecule has 0 aliphatic heterocycles. The van der Waals surface area contributed by atoms with Crippen LogP contribution in [0.2, 0.25) is 0 Å². The van der Waals surface area contributed by atoms with E-state index in [-0.39, 0.29) is 11.3 Å². The zero-order valence-electron chi connectivity index (χ0n) is 10.4. The van der Waals surface area contributed by atoms with Crippen molar-refractivity contribution in [2.45, 2.75) is 16.8 Å². The minimum absolute atomic E-state index is 0.0141. The lowest BCUT2D eigenvalue weighted by Gasteiger charge is -2.05. The topological polar surface area (TPSA) is 93.3 Å². The standard InChI is InChI=1S/C13H10N2O4S/c1-8-2-4-10(15(18)19)6-11(8)20-12-5-3-9(7-14-12)13(16)17/h2-7H,1H3,(H,16,17). The number of non-ortho nitro benzene ring substituents is 1. The Morgan fingerprint density at radius 1 is 1.35 bits per heavy atom. The number of hydrogen-bond donors (Lipinski definition) is 1. The Balaban J connectivity index is 2.27. The Morgan fingerprint density at radius 2 is 2.10 bits per heavy atom. The van der Waals surface area contributed by atoms with Gasteiger partial charge in [0.25, 0.3) is 5.69 Å². The van der Waals surface area contributed by atoms with Crippen LogP contribution in [0.5, 0.6) is 0 Å². The van der Waals surface area contributed by atoms with Crippen LogP contribution in [-0.2, 0) is 0 Å². The van der Waals surface area contributed by atoms with Crippen molar-refractivity contribution < 1.29 is 14.8 Å². The quantitative estimate of drug-likeness (QED) is 0.686. The van der Waals surface area contributed by atoms with E-state index < -0.39 is 10.9 Å². The molecule has 2 aromatic rings. The van der Waals surface area contributed by atoms with Crippen molar-refractivity contribution in [2.24, 2.45) is 0 Å². The second kappa shape index (κ2) is 5.70. The van der Waals surface area contributed by atoms with Gasteiger partial charge < -0.3 is 5.11 Å². The van der Waals surface area contributed by atoms with Crippen LogP contribution in [0.15, 0.2) is 46.5 Å². The molecule has 1 heterocycles. The number of pyridine rings is 1. The molecule has 2 rings (SSSR count). The molecule has 0 saturated carbocycles. The fourth-order valence-electron chi connectivity index (χ4n) is 1.49. The van der Waals surface area contributed by atoms with Crippen LogP contribution in [0.25, 0.3) is 0 Å². The second-order valence-electron chi connectivity index (χ2n) is 4.00. The van der Waals surface area contributed by atoms with Gasteiger partial charge in [0.1, 0.15) is 5.03 Å². The van der Waals surface area contributed by atoms with E-state index in [9.17, 15) is 14.9 Å². The molecule has 1 aromatic carbocycles. The second-order valence-corrected chi connectivity index (χ2v) is 5.06. The molecule has 0 fully saturated rings. The van der Waals surface area contributed by atoms with Gasteiger partial charge in [0.2, 0.25) is 0 Å².